The lowest BCUT2D eigenvalue weighted by Crippen LogP contribution is -2.04. The Morgan fingerprint density at radius 1 is 1.05 bits per heavy atom. The standard InChI is InChI=1S/C18H18ClNO/c1-3-20-16(11-14-10-13(2)4-9-18(14)20)12-21-17-7-5-15(19)6-8-17/h4-11H,3,12H2,1-2H3. The van der Waals surface area contributed by atoms with Gasteiger partial charge in [-0.2, -0.15) is 0 Å². The van der Waals surface area contributed by atoms with Gasteiger partial charge in [-0.1, -0.05) is 23.2 Å². The molecule has 0 N–H and O–H groups in total. The number of aromatic nitrogens is 1. The van der Waals surface area contributed by atoms with Crippen LogP contribution in [0.2, 0.25) is 5.02 Å². The lowest BCUT2D eigenvalue weighted by atomic mass is 10.2. The zero-order valence-electron chi connectivity index (χ0n) is 12.3. The number of rotatable bonds is 4. The zero-order chi connectivity index (χ0) is 14.8. The van der Waals surface area contributed by atoms with Gasteiger partial charge in [0.15, 0.2) is 0 Å². The predicted molar refractivity (Wildman–Crippen MR) is 88.1 cm³/mol. The summed E-state index contributed by atoms with van der Waals surface area (Å²) in [5, 5.41) is 1.99. The van der Waals surface area contributed by atoms with E-state index in [4.69, 9.17) is 16.3 Å². The first-order valence-electron chi connectivity index (χ1n) is 7.14. The Hall–Kier alpha value is -1.93. The van der Waals surface area contributed by atoms with Gasteiger partial charge in [-0.3, -0.25) is 0 Å². The van der Waals surface area contributed by atoms with Gasteiger partial charge in [-0.15, -0.1) is 0 Å². The second kappa shape index (κ2) is 5.82. The van der Waals surface area contributed by atoms with Crippen LogP contribution in [0.4, 0.5) is 0 Å². The van der Waals surface area contributed by atoms with Crippen LogP contribution in [0, 0.1) is 6.92 Å². The molecule has 0 aliphatic carbocycles. The first-order chi connectivity index (χ1) is 10.2. The highest BCUT2D eigenvalue weighted by atomic mass is 35.5. The van der Waals surface area contributed by atoms with Gasteiger partial charge in [0.2, 0.25) is 0 Å². The van der Waals surface area contributed by atoms with E-state index >= 15 is 0 Å². The highest BCUT2D eigenvalue weighted by Gasteiger charge is 2.08. The molecule has 0 amide bonds. The summed E-state index contributed by atoms with van der Waals surface area (Å²) in [6.07, 6.45) is 0. The zero-order valence-corrected chi connectivity index (χ0v) is 13.0. The molecular weight excluding hydrogens is 282 g/mol. The van der Waals surface area contributed by atoms with Crippen molar-refractivity contribution in [3.63, 3.8) is 0 Å². The Balaban J connectivity index is 1.87. The maximum absolute atomic E-state index is 5.89. The van der Waals surface area contributed by atoms with E-state index in [0.717, 1.165) is 17.3 Å². The Morgan fingerprint density at radius 2 is 1.81 bits per heavy atom. The summed E-state index contributed by atoms with van der Waals surface area (Å²) in [5.41, 5.74) is 3.73. The van der Waals surface area contributed by atoms with Crippen molar-refractivity contribution >= 4 is 22.5 Å². The Labute approximate surface area is 129 Å². The van der Waals surface area contributed by atoms with Crippen LogP contribution in [0.25, 0.3) is 10.9 Å². The largest absolute Gasteiger partial charge is 0.487 e. The molecule has 0 unspecified atom stereocenters. The first kappa shape index (κ1) is 14.0. The normalized spacial score (nSPS) is 11.0. The molecule has 3 rings (SSSR count). The van der Waals surface area contributed by atoms with Crippen LogP contribution >= 0.6 is 11.6 Å². The van der Waals surface area contributed by atoms with Crippen molar-refractivity contribution in [3.8, 4) is 5.75 Å². The first-order valence-corrected chi connectivity index (χ1v) is 7.52. The van der Waals surface area contributed by atoms with Gasteiger partial charge < -0.3 is 9.30 Å². The summed E-state index contributed by atoms with van der Waals surface area (Å²) >= 11 is 5.89. The Bertz CT molecular complexity index is 759. The van der Waals surface area contributed by atoms with Crippen LogP contribution in [0.1, 0.15) is 18.2 Å². The molecule has 0 fully saturated rings. The van der Waals surface area contributed by atoms with Gasteiger partial charge in [0.05, 0.1) is 5.69 Å². The van der Waals surface area contributed by atoms with Crippen LogP contribution in [0.15, 0.2) is 48.5 Å². The van der Waals surface area contributed by atoms with E-state index in [0.29, 0.717) is 6.61 Å². The summed E-state index contributed by atoms with van der Waals surface area (Å²) < 4.78 is 8.17. The monoisotopic (exact) mass is 299 g/mol. The number of hydrogen-bond acceptors (Lipinski definition) is 1. The van der Waals surface area contributed by atoms with E-state index in [1.807, 2.05) is 24.3 Å². The van der Waals surface area contributed by atoms with E-state index < -0.39 is 0 Å². The van der Waals surface area contributed by atoms with Crippen molar-refractivity contribution in [3.05, 3.63) is 64.8 Å². The predicted octanol–water partition coefficient (Wildman–Crippen LogP) is 5.20. The molecule has 0 radical (unpaired) electrons. The maximum Gasteiger partial charge on any atom is 0.128 e. The summed E-state index contributed by atoms with van der Waals surface area (Å²) in [7, 11) is 0. The van der Waals surface area contributed by atoms with E-state index in [1.54, 1.807) is 0 Å². The number of benzene rings is 2. The molecule has 3 aromatic rings. The minimum atomic E-state index is 0.559. The fraction of sp³-hybridized carbons (Fsp3) is 0.222. The SMILES string of the molecule is CCn1c(COc2ccc(Cl)cc2)cc2cc(C)ccc21. The fourth-order valence-electron chi connectivity index (χ4n) is 2.63. The van der Waals surface area contributed by atoms with Crippen molar-refractivity contribution in [2.45, 2.75) is 27.0 Å². The molecule has 0 bridgehead atoms. The van der Waals surface area contributed by atoms with Crippen molar-refractivity contribution in [1.29, 1.82) is 0 Å². The average Bonchev–Trinajstić information content (AvgIpc) is 2.83. The molecule has 3 heteroatoms. The van der Waals surface area contributed by atoms with Gasteiger partial charge >= 0.3 is 0 Å². The van der Waals surface area contributed by atoms with Gasteiger partial charge in [0, 0.05) is 22.5 Å². The summed E-state index contributed by atoms with van der Waals surface area (Å²) in [6.45, 7) is 5.77. The highest BCUT2D eigenvalue weighted by molar-refractivity contribution is 6.30. The van der Waals surface area contributed by atoms with E-state index in [2.05, 4.69) is 42.7 Å². The van der Waals surface area contributed by atoms with Crippen molar-refractivity contribution < 1.29 is 4.74 Å². The van der Waals surface area contributed by atoms with Crippen LogP contribution in [0.3, 0.4) is 0 Å². The van der Waals surface area contributed by atoms with E-state index in [-0.39, 0.29) is 0 Å². The third-order valence-corrected chi connectivity index (χ3v) is 3.91. The third-order valence-electron chi connectivity index (χ3n) is 3.66. The van der Waals surface area contributed by atoms with E-state index in [9.17, 15) is 0 Å². The number of ether oxygens (including phenoxy) is 1. The third kappa shape index (κ3) is 2.91. The molecule has 0 saturated carbocycles. The Morgan fingerprint density at radius 3 is 2.52 bits per heavy atom. The molecule has 0 saturated heterocycles. The number of nitrogens with zero attached hydrogens (tertiary/aromatic N) is 1. The van der Waals surface area contributed by atoms with E-state index in [1.165, 1.54) is 22.2 Å². The summed E-state index contributed by atoms with van der Waals surface area (Å²) in [6, 6.07) is 16.2. The lowest BCUT2D eigenvalue weighted by molar-refractivity contribution is 0.296. The maximum atomic E-state index is 5.89. The van der Waals surface area contributed by atoms with Crippen LogP contribution < -0.4 is 4.74 Å². The molecule has 0 aliphatic rings. The molecule has 2 aromatic carbocycles. The fourth-order valence-corrected chi connectivity index (χ4v) is 2.75. The summed E-state index contributed by atoms with van der Waals surface area (Å²) in [5.74, 6) is 0.837. The number of halogens is 1. The second-order valence-electron chi connectivity index (χ2n) is 5.18. The molecule has 0 atom stereocenters. The van der Waals surface area contributed by atoms with Gasteiger partial charge in [0.1, 0.15) is 12.4 Å². The summed E-state index contributed by atoms with van der Waals surface area (Å²) in [4.78, 5) is 0. The number of hydrogen-bond donors (Lipinski definition) is 0. The molecule has 1 heterocycles. The molecule has 0 aliphatic heterocycles. The molecule has 21 heavy (non-hydrogen) atoms. The molecule has 0 spiro atoms. The van der Waals surface area contributed by atoms with Gasteiger partial charge in [0.25, 0.3) is 0 Å². The smallest absolute Gasteiger partial charge is 0.128 e. The van der Waals surface area contributed by atoms with Crippen molar-refractivity contribution in [1.82, 2.24) is 4.57 Å². The highest BCUT2D eigenvalue weighted by Crippen LogP contribution is 2.23. The van der Waals surface area contributed by atoms with Gasteiger partial charge in [-0.25, -0.2) is 0 Å². The molecular formula is C18H18ClNO. The molecule has 2 nitrogen and oxygen atoms in total. The second-order valence-corrected chi connectivity index (χ2v) is 5.62. The Kier molecular flexibility index (Phi) is 3.89. The number of fused-ring (bicyclic) bond motifs is 1. The lowest BCUT2D eigenvalue weighted by Gasteiger charge is -2.10. The molecule has 1 aromatic heterocycles. The van der Waals surface area contributed by atoms with Crippen LogP contribution in [-0.4, -0.2) is 4.57 Å². The number of aryl methyl sites for hydroxylation is 2. The topological polar surface area (TPSA) is 14.2 Å². The minimum Gasteiger partial charge on any atom is -0.487 e. The van der Waals surface area contributed by atoms with Crippen LogP contribution in [-0.2, 0) is 13.2 Å². The quantitative estimate of drug-likeness (QED) is 0.645. The minimum absolute atomic E-state index is 0.559. The van der Waals surface area contributed by atoms with Gasteiger partial charge in [-0.05, 0) is 56.3 Å². The van der Waals surface area contributed by atoms with Crippen molar-refractivity contribution in [2.75, 3.05) is 0 Å². The molecule has 108 valence electrons. The average molecular weight is 300 g/mol. The van der Waals surface area contributed by atoms with Crippen LogP contribution in [0.5, 0.6) is 5.75 Å². The van der Waals surface area contributed by atoms with Crippen molar-refractivity contribution in [2.24, 2.45) is 0 Å².